The predicted octanol–water partition coefficient (Wildman–Crippen LogP) is 0.929. The van der Waals surface area contributed by atoms with Crippen molar-refractivity contribution in [2.45, 2.75) is 44.2 Å². The van der Waals surface area contributed by atoms with Crippen molar-refractivity contribution in [1.82, 2.24) is 9.88 Å². The van der Waals surface area contributed by atoms with E-state index in [4.69, 9.17) is 5.14 Å². The van der Waals surface area contributed by atoms with E-state index in [0.717, 1.165) is 16.8 Å². The molecule has 0 unspecified atom stereocenters. The summed E-state index contributed by atoms with van der Waals surface area (Å²) in [4.78, 5) is 11.6. The molecule has 0 aromatic carbocycles. The van der Waals surface area contributed by atoms with Crippen LogP contribution in [0, 0.1) is 0 Å². The molecule has 0 radical (unpaired) electrons. The van der Waals surface area contributed by atoms with E-state index in [1.54, 1.807) is 20.8 Å². The Balaban J connectivity index is 3.22. The van der Waals surface area contributed by atoms with Crippen LogP contribution in [0.4, 0.5) is 8.78 Å². The average Bonchev–Trinajstić information content (AvgIpc) is 2.57. The first kappa shape index (κ1) is 16.6. The van der Waals surface area contributed by atoms with Crippen molar-refractivity contribution in [2.75, 3.05) is 0 Å². The quantitative estimate of drug-likeness (QED) is 0.866. The fourth-order valence-corrected chi connectivity index (χ4v) is 2.08. The number of nitrogens with one attached hydrogen (secondary N) is 1. The maximum absolute atomic E-state index is 12.5. The van der Waals surface area contributed by atoms with Gasteiger partial charge in [-0.15, -0.1) is 0 Å². The van der Waals surface area contributed by atoms with Crippen LogP contribution < -0.4 is 10.5 Å². The van der Waals surface area contributed by atoms with E-state index in [9.17, 15) is 22.0 Å². The highest BCUT2D eigenvalue weighted by atomic mass is 32.2. The number of nitrogens with zero attached hydrogens (tertiary/aromatic N) is 1. The lowest BCUT2D eigenvalue weighted by Crippen LogP contribution is -2.41. The summed E-state index contributed by atoms with van der Waals surface area (Å²) in [5.74, 6) is -0.645. The van der Waals surface area contributed by atoms with Crippen molar-refractivity contribution in [3.63, 3.8) is 0 Å². The topological polar surface area (TPSA) is 94.2 Å². The molecule has 0 fully saturated rings. The summed E-state index contributed by atoms with van der Waals surface area (Å²) in [5.41, 5.74) is -0.761. The molecule has 9 heteroatoms. The summed E-state index contributed by atoms with van der Waals surface area (Å²) in [6.07, 6.45) is -1.80. The highest BCUT2D eigenvalue weighted by molar-refractivity contribution is 7.89. The summed E-state index contributed by atoms with van der Waals surface area (Å²) in [5, 5.41) is 7.51. The third kappa shape index (κ3) is 4.57. The molecule has 0 aliphatic rings. The van der Waals surface area contributed by atoms with Gasteiger partial charge >= 0.3 is 0 Å². The molecule has 0 saturated heterocycles. The number of carbonyl (C=O) groups excluding carboxylic acids is 1. The van der Waals surface area contributed by atoms with Gasteiger partial charge in [-0.1, -0.05) is 0 Å². The number of carbonyl (C=O) groups is 1. The van der Waals surface area contributed by atoms with Gasteiger partial charge in [-0.05, 0) is 26.8 Å². The molecule has 6 nitrogen and oxygen atoms in total. The Hall–Kier alpha value is -1.48. The Morgan fingerprint density at radius 2 is 2.00 bits per heavy atom. The fraction of sp³-hybridized carbons (Fsp3) is 0.545. The number of halogens is 2. The minimum Gasteiger partial charge on any atom is -0.346 e. The number of primary sulfonamides is 1. The Kier molecular flexibility index (Phi) is 4.55. The molecule has 1 heterocycles. The van der Waals surface area contributed by atoms with Crippen molar-refractivity contribution in [2.24, 2.45) is 5.14 Å². The van der Waals surface area contributed by atoms with Gasteiger partial charge in [0.25, 0.3) is 12.3 Å². The molecule has 0 bridgehead atoms. The van der Waals surface area contributed by atoms with Crippen molar-refractivity contribution in [1.29, 1.82) is 0 Å². The number of aromatic nitrogens is 1. The van der Waals surface area contributed by atoms with Gasteiger partial charge in [-0.3, -0.25) is 4.79 Å². The monoisotopic (exact) mass is 309 g/mol. The van der Waals surface area contributed by atoms with Crippen LogP contribution in [0.25, 0.3) is 0 Å². The number of sulfonamides is 1. The van der Waals surface area contributed by atoms with Crippen molar-refractivity contribution in [3.05, 3.63) is 18.0 Å². The molecule has 1 aromatic rings. The van der Waals surface area contributed by atoms with E-state index in [-0.39, 0.29) is 10.6 Å². The summed E-state index contributed by atoms with van der Waals surface area (Å²) in [7, 11) is -4.06. The van der Waals surface area contributed by atoms with Crippen molar-refractivity contribution >= 4 is 15.9 Å². The number of hydrogen-bond donors (Lipinski definition) is 2. The molecular weight excluding hydrogens is 292 g/mol. The molecule has 1 aromatic heterocycles. The van der Waals surface area contributed by atoms with E-state index >= 15 is 0 Å². The second-order valence-corrected chi connectivity index (χ2v) is 6.92. The van der Waals surface area contributed by atoms with Crippen LogP contribution >= 0.6 is 0 Å². The molecule has 0 aliphatic heterocycles. The largest absolute Gasteiger partial charge is 0.346 e. The van der Waals surface area contributed by atoms with Gasteiger partial charge in [-0.2, -0.15) is 0 Å². The fourth-order valence-electron chi connectivity index (χ4n) is 1.53. The Morgan fingerprint density at radius 3 is 2.40 bits per heavy atom. The van der Waals surface area contributed by atoms with E-state index in [0.29, 0.717) is 0 Å². The minimum absolute atomic E-state index is 0.177. The van der Waals surface area contributed by atoms with Crippen LogP contribution in [0.5, 0.6) is 0 Å². The molecule has 0 aliphatic carbocycles. The van der Waals surface area contributed by atoms with Crippen LogP contribution in [0.1, 0.15) is 31.3 Å². The molecule has 1 amide bonds. The maximum atomic E-state index is 12.5. The van der Waals surface area contributed by atoms with E-state index in [1.165, 1.54) is 0 Å². The van der Waals surface area contributed by atoms with Crippen molar-refractivity contribution < 1.29 is 22.0 Å². The van der Waals surface area contributed by atoms with Crippen LogP contribution in [0.2, 0.25) is 0 Å². The zero-order chi connectivity index (χ0) is 15.7. The van der Waals surface area contributed by atoms with Crippen LogP contribution in [0.3, 0.4) is 0 Å². The van der Waals surface area contributed by atoms with Crippen LogP contribution in [-0.4, -0.2) is 30.9 Å². The lowest BCUT2D eigenvalue weighted by atomic mass is 10.1. The molecule has 0 atom stereocenters. The van der Waals surface area contributed by atoms with Gasteiger partial charge in [0.05, 0.1) is 6.54 Å². The van der Waals surface area contributed by atoms with E-state index < -0.39 is 34.4 Å². The van der Waals surface area contributed by atoms with Crippen LogP contribution in [-0.2, 0) is 16.6 Å². The number of amides is 1. The number of alkyl halides is 2. The molecule has 1 rings (SSSR count). The highest BCUT2D eigenvalue weighted by Gasteiger charge is 2.23. The molecular formula is C11H17F2N3O3S. The Labute approximate surface area is 116 Å². The first-order valence-electron chi connectivity index (χ1n) is 5.74. The Morgan fingerprint density at radius 1 is 1.45 bits per heavy atom. The molecule has 0 spiro atoms. The van der Waals surface area contributed by atoms with Crippen molar-refractivity contribution in [3.8, 4) is 0 Å². The second-order valence-electron chi connectivity index (χ2n) is 5.35. The van der Waals surface area contributed by atoms with Gasteiger partial charge in [0.1, 0.15) is 10.6 Å². The summed E-state index contributed by atoms with van der Waals surface area (Å²) in [6.45, 7) is 4.35. The smallest absolute Gasteiger partial charge is 0.268 e. The zero-order valence-electron chi connectivity index (χ0n) is 11.4. The molecule has 114 valence electrons. The lowest BCUT2D eigenvalue weighted by molar-refractivity contribution is 0.0897. The first-order chi connectivity index (χ1) is 8.90. The van der Waals surface area contributed by atoms with Crippen LogP contribution in [0.15, 0.2) is 17.2 Å². The standard InChI is InChI=1S/C11H17F2N3O3S/c1-11(2,3)15-10(17)8-4-7(20(14,18)19)5-16(8)6-9(12)13/h4-5,9H,6H2,1-3H3,(H,15,17)(H2,14,18,19). The SMILES string of the molecule is CC(C)(C)NC(=O)c1cc(S(N)(=O)=O)cn1CC(F)F. The van der Waals surface area contributed by atoms with Gasteiger partial charge in [0.2, 0.25) is 10.0 Å². The van der Waals surface area contributed by atoms with Gasteiger partial charge < -0.3 is 9.88 Å². The first-order valence-corrected chi connectivity index (χ1v) is 7.28. The normalized spacial score (nSPS) is 12.8. The third-order valence-corrected chi connectivity index (χ3v) is 3.14. The summed E-state index contributed by atoms with van der Waals surface area (Å²) < 4.78 is 48.3. The average molecular weight is 309 g/mol. The summed E-state index contributed by atoms with van der Waals surface area (Å²) in [6, 6.07) is 0.985. The molecule has 0 saturated carbocycles. The van der Waals surface area contributed by atoms with Gasteiger partial charge in [0.15, 0.2) is 0 Å². The summed E-state index contributed by atoms with van der Waals surface area (Å²) >= 11 is 0. The highest BCUT2D eigenvalue weighted by Crippen LogP contribution is 2.16. The molecule has 20 heavy (non-hydrogen) atoms. The van der Waals surface area contributed by atoms with E-state index in [1.807, 2.05) is 0 Å². The predicted molar refractivity (Wildman–Crippen MR) is 69.0 cm³/mol. The second kappa shape index (κ2) is 5.49. The minimum atomic E-state index is -4.06. The lowest BCUT2D eigenvalue weighted by Gasteiger charge is -2.21. The third-order valence-electron chi connectivity index (χ3n) is 2.26. The number of nitrogens with two attached hydrogens (primary N) is 1. The number of rotatable bonds is 4. The Bertz CT molecular complexity index is 603. The zero-order valence-corrected chi connectivity index (χ0v) is 12.2. The molecule has 3 N–H and O–H groups in total. The van der Waals surface area contributed by atoms with E-state index in [2.05, 4.69) is 5.32 Å². The van der Waals surface area contributed by atoms with Gasteiger partial charge in [-0.25, -0.2) is 22.3 Å². The number of hydrogen-bond acceptors (Lipinski definition) is 3. The maximum Gasteiger partial charge on any atom is 0.268 e. The van der Waals surface area contributed by atoms with Gasteiger partial charge in [0, 0.05) is 11.7 Å².